The fourth-order valence-electron chi connectivity index (χ4n) is 0.995. The van der Waals surface area contributed by atoms with Crippen LogP contribution in [0.15, 0.2) is 23.1 Å². The van der Waals surface area contributed by atoms with Crippen LogP contribution in [0.4, 0.5) is 0 Å². The van der Waals surface area contributed by atoms with E-state index in [2.05, 4.69) is 16.9 Å². The Bertz CT molecular complexity index is 367. The molecule has 0 N–H and O–H groups in total. The van der Waals surface area contributed by atoms with Gasteiger partial charge in [-0.1, -0.05) is 6.92 Å². The van der Waals surface area contributed by atoms with Crippen molar-refractivity contribution < 1.29 is 4.42 Å². The largest absolute Gasteiger partial charge is 0.443 e. The maximum absolute atomic E-state index is 5.11. The number of oxazole rings is 1. The summed E-state index contributed by atoms with van der Waals surface area (Å²) in [5.74, 6) is 0. The number of aryl methyl sites for hydroxylation is 1. The summed E-state index contributed by atoms with van der Waals surface area (Å²) in [5, 5.41) is 0. The van der Waals surface area contributed by atoms with Crippen LogP contribution in [0, 0.1) is 0 Å². The van der Waals surface area contributed by atoms with Crippen LogP contribution in [-0.4, -0.2) is 9.97 Å². The second kappa shape index (κ2) is 2.34. The highest BCUT2D eigenvalue weighted by Crippen LogP contribution is 2.11. The van der Waals surface area contributed by atoms with Crippen LogP contribution in [-0.2, 0) is 6.42 Å². The maximum atomic E-state index is 5.11. The van der Waals surface area contributed by atoms with E-state index in [-0.39, 0.29) is 0 Å². The molecule has 2 aromatic heterocycles. The van der Waals surface area contributed by atoms with E-state index in [4.69, 9.17) is 4.42 Å². The number of fused-ring (bicyclic) bond motifs is 1. The van der Waals surface area contributed by atoms with Gasteiger partial charge in [0.2, 0.25) is 0 Å². The summed E-state index contributed by atoms with van der Waals surface area (Å²) in [6.07, 6.45) is 4.10. The Morgan fingerprint density at radius 2 is 2.36 bits per heavy atom. The Morgan fingerprint density at radius 3 is 3.18 bits per heavy atom. The molecule has 0 fully saturated rings. The van der Waals surface area contributed by atoms with Crippen molar-refractivity contribution in [1.82, 2.24) is 9.97 Å². The highest BCUT2D eigenvalue weighted by atomic mass is 16.3. The smallest absolute Gasteiger partial charge is 0.182 e. The van der Waals surface area contributed by atoms with E-state index in [0.29, 0.717) is 0 Å². The zero-order valence-corrected chi connectivity index (χ0v) is 6.24. The van der Waals surface area contributed by atoms with E-state index in [9.17, 15) is 0 Å². The van der Waals surface area contributed by atoms with Crippen LogP contribution in [0.5, 0.6) is 0 Å². The highest BCUT2D eigenvalue weighted by molar-refractivity contribution is 5.70. The molecule has 0 radical (unpaired) electrons. The molecule has 3 nitrogen and oxygen atoms in total. The molecule has 0 saturated carbocycles. The minimum Gasteiger partial charge on any atom is -0.443 e. The molecule has 2 heterocycles. The van der Waals surface area contributed by atoms with Crippen molar-refractivity contribution in [1.29, 1.82) is 0 Å². The predicted molar refractivity (Wildman–Crippen MR) is 41.2 cm³/mol. The summed E-state index contributed by atoms with van der Waals surface area (Å²) >= 11 is 0. The van der Waals surface area contributed by atoms with Gasteiger partial charge >= 0.3 is 0 Å². The average molecular weight is 148 g/mol. The molecule has 2 aromatic rings. The monoisotopic (exact) mass is 148 g/mol. The third-order valence-electron chi connectivity index (χ3n) is 1.64. The van der Waals surface area contributed by atoms with E-state index in [1.54, 1.807) is 6.20 Å². The fraction of sp³-hybridized carbons (Fsp3) is 0.250. The van der Waals surface area contributed by atoms with E-state index in [0.717, 1.165) is 23.2 Å². The number of nitrogens with zero attached hydrogens (tertiary/aromatic N) is 2. The van der Waals surface area contributed by atoms with E-state index >= 15 is 0 Å². The lowest BCUT2D eigenvalue weighted by molar-refractivity contribution is 0.601. The minimum atomic E-state index is 0.817. The molecule has 3 heteroatoms. The molecule has 0 atom stereocenters. The summed E-state index contributed by atoms with van der Waals surface area (Å²) in [5.41, 5.74) is 2.67. The zero-order chi connectivity index (χ0) is 7.68. The summed E-state index contributed by atoms with van der Waals surface area (Å²) < 4.78 is 5.11. The van der Waals surface area contributed by atoms with E-state index in [1.165, 1.54) is 6.39 Å². The molecule has 0 amide bonds. The van der Waals surface area contributed by atoms with Crippen molar-refractivity contribution in [2.24, 2.45) is 0 Å². The van der Waals surface area contributed by atoms with Gasteiger partial charge in [-0.2, -0.15) is 0 Å². The summed E-state index contributed by atoms with van der Waals surface area (Å²) in [4.78, 5) is 8.14. The normalized spacial score (nSPS) is 10.6. The Kier molecular flexibility index (Phi) is 1.35. The molecule has 56 valence electrons. The van der Waals surface area contributed by atoms with Crippen molar-refractivity contribution >= 4 is 11.1 Å². The van der Waals surface area contributed by atoms with Crippen LogP contribution in [0.1, 0.15) is 12.6 Å². The molecule has 11 heavy (non-hydrogen) atoms. The van der Waals surface area contributed by atoms with E-state index in [1.807, 2.05) is 6.07 Å². The molecule has 2 rings (SSSR count). The van der Waals surface area contributed by atoms with Gasteiger partial charge < -0.3 is 4.42 Å². The van der Waals surface area contributed by atoms with Gasteiger partial charge in [-0.05, 0) is 6.42 Å². The SMILES string of the molecule is CCc1cc2ocnc2cn1. The molecule has 0 aromatic carbocycles. The second-order valence-corrected chi connectivity index (χ2v) is 2.35. The van der Waals surface area contributed by atoms with Gasteiger partial charge in [0.25, 0.3) is 0 Å². The molecule has 0 bridgehead atoms. The zero-order valence-electron chi connectivity index (χ0n) is 6.24. The van der Waals surface area contributed by atoms with Gasteiger partial charge in [0.1, 0.15) is 5.52 Å². The molecule has 0 aliphatic rings. The molecule has 0 unspecified atom stereocenters. The first-order valence-electron chi connectivity index (χ1n) is 3.58. The second-order valence-electron chi connectivity index (χ2n) is 2.35. The number of hydrogen-bond donors (Lipinski definition) is 0. The van der Waals surface area contributed by atoms with Gasteiger partial charge in [-0.3, -0.25) is 4.98 Å². The van der Waals surface area contributed by atoms with E-state index < -0.39 is 0 Å². The number of rotatable bonds is 1. The Morgan fingerprint density at radius 1 is 1.45 bits per heavy atom. The quantitative estimate of drug-likeness (QED) is 0.618. The Labute approximate surface area is 64.1 Å². The minimum absolute atomic E-state index is 0.817. The van der Waals surface area contributed by atoms with Gasteiger partial charge in [-0.15, -0.1) is 0 Å². The highest BCUT2D eigenvalue weighted by Gasteiger charge is 1.98. The molecule has 0 spiro atoms. The van der Waals surface area contributed by atoms with Gasteiger partial charge in [0, 0.05) is 11.8 Å². The lowest BCUT2D eigenvalue weighted by Crippen LogP contribution is -1.84. The molecule has 0 saturated heterocycles. The first-order valence-corrected chi connectivity index (χ1v) is 3.58. The van der Waals surface area contributed by atoms with Gasteiger partial charge in [0.15, 0.2) is 12.0 Å². The fourth-order valence-corrected chi connectivity index (χ4v) is 0.995. The van der Waals surface area contributed by atoms with Crippen LogP contribution >= 0.6 is 0 Å². The van der Waals surface area contributed by atoms with Gasteiger partial charge in [0.05, 0.1) is 6.20 Å². The third kappa shape index (κ3) is 0.981. The van der Waals surface area contributed by atoms with Crippen LogP contribution < -0.4 is 0 Å². The maximum Gasteiger partial charge on any atom is 0.182 e. The van der Waals surface area contributed by atoms with Crippen LogP contribution in [0.2, 0.25) is 0 Å². The van der Waals surface area contributed by atoms with Gasteiger partial charge in [-0.25, -0.2) is 4.98 Å². The Hall–Kier alpha value is -1.38. The first-order chi connectivity index (χ1) is 5.40. The number of pyridine rings is 1. The summed E-state index contributed by atoms with van der Waals surface area (Å²) in [7, 11) is 0. The van der Waals surface area contributed by atoms with Crippen molar-refractivity contribution in [2.45, 2.75) is 13.3 Å². The lowest BCUT2D eigenvalue weighted by Gasteiger charge is -1.91. The molecular weight excluding hydrogens is 140 g/mol. The van der Waals surface area contributed by atoms with Crippen molar-refractivity contribution in [2.75, 3.05) is 0 Å². The summed E-state index contributed by atoms with van der Waals surface area (Å²) in [6.45, 7) is 2.06. The number of aromatic nitrogens is 2. The number of hydrogen-bond acceptors (Lipinski definition) is 3. The lowest BCUT2D eigenvalue weighted by atomic mass is 10.3. The summed E-state index contributed by atoms with van der Waals surface area (Å²) in [6, 6.07) is 1.92. The van der Waals surface area contributed by atoms with Crippen molar-refractivity contribution in [3.8, 4) is 0 Å². The first kappa shape index (κ1) is 6.34. The Balaban J connectivity index is 2.67. The standard InChI is InChI=1S/C8H8N2O/c1-2-6-3-8-7(4-9-6)10-5-11-8/h3-5H,2H2,1H3. The topological polar surface area (TPSA) is 38.9 Å². The third-order valence-corrected chi connectivity index (χ3v) is 1.64. The predicted octanol–water partition coefficient (Wildman–Crippen LogP) is 1.79. The van der Waals surface area contributed by atoms with Crippen molar-refractivity contribution in [3.63, 3.8) is 0 Å². The molecule has 0 aliphatic heterocycles. The molecular formula is C8H8N2O. The average Bonchev–Trinajstić information content (AvgIpc) is 2.50. The molecule has 0 aliphatic carbocycles. The van der Waals surface area contributed by atoms with Crippen LogP contribution in [0.3, 0.4) is 0 Å². The van der Waals surface area contributed by atoms with Crippen LogP contribution in [0.25, 0.3) is 11.1 Å². The van der Waals surface area contributed by atoms with Crippen molar-refractivity contribution in [3.05, 3.63) is 24.4 Å².